The van der Waals surface area contributed by atoms with Crippen molar-refractivity contribution in [3.05, 3.63) is 29.8 Å². The number of thioether (sulfide) groups is 1. The molecule has 1 atom stereocenters. The molecular formula is C17H20N2O2S. The lowest BCUT2D eigenvalue weighted by Gasteiger charge is -2.18. The van der Waals surface area contributed by atoms with E-state index in [9.17, 15) is 14.9 Å². The zero-order valence-corrected chi connectivity index (χ0v) is 13.6. The van der Waals surface area contributed by atoms with Gasteiger partial charge < -0.3 is 4.90 Å². The van der Waals surface area contributed by atoms with Gasteiger partial charge in [-0.1, -0.05) is 19.1 Å². The minimum Gasteiger partial charge on any atom is -0.341 e. The average Bonchev–Trinajstić information content (AvgIpc) is 3.08. The van der Waals surface area contributed by atoms with Gasteiger partial charge in [-0.15, -0.1) is 11.8 Å². The highest BCUT2D eigenvalue weighted by Gasteiger charge is 2.32. The molecule has 1 aliphatic rings. The second-order valence-corrected chi connectivity index (χ2v) is 6.50. The highest BCUT2D eigenvalue weighted by molar-refractivity contribution is 7.99. The molecule has 1 fully saturated rings. The Morgan fingerprint density at radius 1 is 1.27 bits per heavy atom. The van der Waals surface area contributed by atoms with Crippen LogP contribution in [0.3, 0.4) is 0 Å². The summed E-state index contributed by atoms with van der Waals surface area (Å²) in [4.78, 5) is 27.4. The SMILES string of the molecule is CCCSc1ccc(C(=O)C(C#N)C(=O)N2CCCC2)cc1. The summed E-state index contributed by atoms with van der Waals surface area (Å²) in [7, 11) is 0. The van der Waals surface area contributed by atoms with Crippen LogP contribution in [0, 0.1) is 17.2 Å². The Morgan fingerprint density at radius 2 is 1.91 bits per heavy atom. The lowest BCUT2D eigenvalue weighted by molar-refractivity contribution is -0.131. The van der Waals surface area contributed by atoms with Crippen molar-refractivity contribution in [3.8, 4) is 6.07 Å². The molecule has 1 aromatic carbocycles. The number of likely N-dealkylation sites (tertiary alicyclic amines) is 1. The van der Waals surface area contributed by atoms with Gasteiger partial charge in [-0.25, -0.2) is 0 Å². The van der Waals surface area contributed by atoms with E-state index in [4.69, 9.17) is 0 Å². The summed E-state index contributed by atoms with van der Waals surface area (Å²) in [5.41, 5.74) is 0.431. The third-order valence-electron chi connectivity index (χ3n) is 3.67. The largest absolute Gasteiger partial charge is 0.341 e. The summed E-state index contributed by atoms with van der Waals surface area (Å²) < 4.78 is 0. The normalized spacial score (nSPS) is 15.4. The van der Waals surface area contributed by atoms with Crippen molar-refractivity contribution < 1.29 is 9.59 Å². The number of nitriles is 1. The number of hydrogen-bond donors (Lipinski definition) is 0. The molecule has 1 aliphatic heterocycles. The number of carbonyl (C=O) groups is 2. The van der Waals surface area contributed by atoms with Gasteiger partial charge in [0.15, 0.2) is 11.7 Å². The number of benzene rings is 1. The Kier molecular flexibility index (Phi) is 6.02. The van der Waals surface area contributed by atoms with Gasteiger partial charge in [0, 0.05) is 23.5 Å². The molecule has 1 saturated heterocycles. The second kappa shape index (κ2) is 8.00. The molecule has 4 nitrogen and oxygen atoms in total. The molecule has 0 saturated carbocycles. The Bertz CT molecular complexity index is 571. The number of hydrogen-bond acceptors (Lipinski definition) is 4. The Hall–Kier alpha value is -1.80. The van der Waals surface area contributed by atoms with Crippen LogP contribution in [0.4, 0.5) is 0 Å². The van der Waals surface area contributed by atoms with Crippen LogP contribution in [0.15, 0.2) is 29.2 Å². The number of carbonyl (C=O) groups excluding carboxylic acids is 2. The van der Waals surface area contributed by atoms with Crippen LogP contribution in [-0.2, 0) is 4.79 Å². The fraction of sp³-hybridized carbons (Fsp3) is 0.471. The smallest absolute Gasteiger partial charge is 0.247 e. The van der Waals surface area contributed by atoms with E-state index in [0.717, 1.165) is 29.9 Å². The monoisotopic (exact) mass is 316 g/mol. The molecule has 1 amide bonds. The van der Waals surface area contributed by atoms with Crippen LogP contribution in [-0.4, -0.2) is 35.4 Å². The highest BCUT2D eigenvalue weighted by atomic mass is 32.2. The molecule has 2 rings (SSSR count). The Morgan fingerprint density at radius 3 is 2.45 bits per heavy atom. The van der Waals surface area contributed by atoms with Crippen molar-refractivity contribution in [2.24, 2.45) is 5.92 Å². The zero-order valence-electron chi connectivity index (χ0n) is 12.7. The summed E-state index contributed by atoms with van der Waals surface area (Å²) in [5.74, 6) is -0.935. The maximum absolute atomic E-state index is 12.4. The minimum absolute atomic E-state index is 0.352. The van der Waals surface area contributed by atoms with Crippen molar-refractivity contribution in [1.29, 1.82) is 5.26 Å². The van der Waals surface area contributed by atoms with E-state index in [1.54, 1.807) is 28.8 Å². The fourth-order valence-corrected chi connectivity index (χ4v) is 3.22. The number of nitrogens with zero attached hydrogens (tertiary/aromatic N) is 2. The maximum Gasteiger partial charge on any atom is 0.247 e. The molecule has 0 bridgehead atoms. The van der Waals surface area contributed by atoms with E-state index in [2.05, 4.69) is 6.92 Å². The first-order valence-electron chi connectivity index (χ1n) is 7.63. The van der Waals surface area contributed by atoms with Crippen molar-refractivity contribution in [2.45, 2.75) is 31.1 Å². The van der Waals surface area contributed by atoms with Crippen LogP contribution in [0.2, 0.25) is 0 Å². The van der Waals surface area contributed by atoms with Crippen LogP contribution in [0.5, 0.6) is 0 Å². The fourth-order valence-electron chi connectivity index (χ4n) is 2.45. The van der Waals surface area contributed by atoms with Crippen LogP contribution < -0.4 is 0 Å². The first-order valence-corrected chi connectivity index (χ1v) is 8.61. The predicted molar refractivity (Wildman–Crippen MR) is 86.7 cm³/mol. The molecule has 1 unspecified atom stereocenters. The lowest BCUT2D eigenvalue weighted by atomic mass is 9.97. The summed E-state index contributed by atoms with van der Waals surface area (Å²) in [6.45, 7) is 3.42. The standard InChI is InChI=1S/C17H20N2O2S/c1-2-11-22-14-7-5-13(6-8-14)16(20)15(12-18)17(21)19-9-3-4-10-19/h5-8,15H,2-4,9-11H2,1H3. The topological polar surface area (TPSA) is 61.2 Å². The van der Waals surface area contributed by atoms with Gasteiger partial charge in [0.05, 0.1) is 6.07 Å². The van der Waals surface area contributed by atoms with Crippen molar-refractivity contribution in [3.63, 3.8) is 0 Å². The number of Topliss-reactive ketones (excluding diaryl/α,β-unsaturated/α-hetero) is 1. The number of rotatable bonds is 6. The van der Waals surface area contributed by atoms with E-state index >= 15 is 0 Å². The predicted octanol–water partition coefficient (Wildman–Crippen LogP) is 3.13. The Labute approximate surface area is 135 Å². The molecule has 1 aromatic rings. The minimum atomic E-state index is -1.22. The van der Waals surface area contributed by atoms with Gasteiger partial charge in [0.25, 0.3) is 0 Å². The van der Waals surface area contributed by atoms with Gasteiger partial charge in [0.1, 0.15) is 0 Å². The van der Waals surface area contributed by atoms with Gasteiger partial charge in [0.2, 0.25) is 5.91 Å². The first kappa shape index (κ1) is 16.6. The molecular weight excluding hydrogens is 296 g/mol. The van der Waals surface area contributed by atoms with E-state index in [1.165, 1.54) is 0 Å². The average molecular weight is 316 g/mol. The summed E-state index contributed by atoms with van der Waals surface area (Å²) in [6.07, 6.45) is 2.98. The molecule has 0 radical (unpaired) electrons. The van der Waals surface area contributed by atoms with Crippen LogP contribution in [0.1, 0.15) is 36.5 Å². The molecule has 22 heavy (non-hydrogen) atoms. The molecule has 1 heterocycles. The van der Waals surface area contributed by atoms with Crippen molar-refractivity contribution in [1.82, 2.24) is 4.90 Å². The molecule has 0 spiro atoms. The molecule has 116 valence electrons. The Balaban J connectivity index is 2.07. The van der Waals surface area contributed by atoms with Gasteiger partial charge in [-0.2, -0.15) is 5.26 Å². The molecule has 0 aromatic heterocycles. The van der Waals surface area contributed by atoms with E-state index in [1.807, 2.05) is 18.2 Å². The number of amides is 1. The quantitative estimate of drug-likeness (QED) is 0.459. The van der Waals surface area contributed by atoms with E-state index in [-0.39, 0.29) is 5.91 Å². The van der Waals surface area contributed by atoms with Crippen LogP contribution >= 0.6 is 11.8 Å². The van der Waals surface area contributed by atoms with E-state index < -0.39 is 11.7 Å². The van der Waals surface area contributed by atoms with Crippen LogP contribution in [0.25, 0.3) is 0 Å². The van der Waals surface area contributed by atoms with Crippen molar-refractivity contribution >= 4 is 23.5 Å². The third kappa shape index (κ3) is 3.89. The molecule has 5 heteroatoms. The van der Waals surface area contributed by atoms with Crippen molar-refractivity contribution in [2.75, 3.05) is 18.8 Å². The van der Waals surface area contributed by atoms with Gasteiger partial charge in [-0.05, 0) is 37.1 Å². The van der Waals surface area contributed by atoms with Gasteiger partial charge >= 0.3 is 0 Å². The number of ketones is 1. The van der Waals surface area contributed by atoms with Gasteiger partial charge in [-0.3, -0.25) is 9.59 Å². The molecule has 0 aliphatic carbocycles. The summed E-state index contributed by atoms with van der Waals surface area (Å²) in [6, 6.07) is 9.06. The van der Waals surface area contributed by atoms with E-state index in [0.29, 0.717) is 18.7 Å². The zero-order chi connectivity index (χ0) is 15.9. The second-order valence-electron chi connectivity index (χ2n) is 5.33. The highest BCUT2D eigenvalue weighted by Crippen LogP contribution is 2.21. The third-order valence-corrected chi connectivity index (χ3v) is 4.89. The first-order chi connectivity index (χ1) is 10.7. The summed E-state index contributed by atoms with van der Waals surface area (Å²) >= 11 is 1.73. The summed E-state index contributed by atoms with van der Waals surface area (Å²) in [5, 5.41) is 9.24. The lowest BCUT2D eigenvalue weighted by Crippen LogP contribution is -2.37. The maximum atomic E-state index is 12.4. The molecule has 0 N–H and O–H groups in total.